The van der Waals surface area contributed by atoms with E-state index in [-0.39, 0.29) is 5.91 Å². The molecule has 3 nitrogen and oxygen atoms in total. The SMILES string of the molecule is Cc1ccc(NC(=O)CN(Cc2ccc(Cl)cc2)C2CC2)cc1. The molecule has 1 amide bonds. The van der Waals surface area contributed by atoms with Gasteiger partial charge in [-0.3, -0.25) is 9.69 Å². The second-order valence-corrected chi connectivity index (χ2v) is 6.61. The van der Waals surface area contributed by atoms with Crippen molar-refractivity contribution in [2.45, 2.75) is 32.4 Å². The van der Waals surface area contributed by atoms with E-state index in [0.717, 1.165) is 17.3 Å². The zero-order valence-corrected chi connectivity index (χ0v) is 14.0. The Morgan fingerprint density at radius 3 is 2.39 bits per heavy atom. The van der Waals surface area contributed by atoms with Crippen molar-refractivity contribution in [2.24, 2.45) is 0 Å². The molecule has 0 unspecified atom stereocenters. The van der Waals surface area contributed by atoms with E-state index in [2.05, 4.69) is 10.2 Å². The number of nitrogens with zero attached hydrogens (tertiary/aromatic N) is 1. The summed E-state index contributed by atoms with van der Waals surface area (Å²) < 4.78 is 0. The molecule has 0 aliphatic heterocycles. The van der Waals surface area contributed by atoms with Crippen LogP contribution in [0.4, 0.5) is 5.69 Å². The molecule has 0 atom stereocenters. The summed E-state index contributed by atoms with van der Waals surface area (Å²) in [5, 5.41) is 3.72. The first-order valence-electron chi connectivity index (χ1n) is 7.95. The number of halogens is 1. The van der Waals surface area contributed by atoms with E-state index in [0.29, 0.717) is 12.6 Å². The predicted molar refractivity (Wildman–Crippen MR) is 94.7 cm³/mol. The minimum atomic E-state index is 0.0368. The molecular weight excluding hydrogens is 308 g/mol. The summed E-state index contributed by atoms with van der Waals surface area (Å²) in [4.78, 5) is 14.6. The number of carbonyl (C=O) groups excluding carboxylic acids is 1. The first-order valence-corrected chi connectivity index (χ1v) is 8.33. The molecule has 0 radical (unpaired) electrons. The Morgan fingerprint density at radius 1 is 1.13 bits per heavy atom. The molecule has 0 bridgehead atoms. The molecule has 3 rings (SSSR count). The van der Waals surface area contributed by atoms with E-state index < -0.39 is 0 Å². The van der Waals surface area contributed by atoms with Crippen LogP contribution in [0.1, 0.15) is 24.0 Å². The maximum Gasteiger partial charge on any atom is 0.238 e. The Balaban J connectivity index is 1.59. The van der Waals surface area contributed by atoms with Crippen molar-refractivity contribution in [1.82, 2.24) is 4.90 Å². The molecule has 1 aliphatic rings. The lowest BCUT2D eigenvalue weighted by Gasteiger charge is -2.21. The minimum absolute atomic E-state index is 0.0368. The molecule has 0 saturated heterocycles. The van der Waals surface area contributed by atoms with Crippen LogP contribution in [0.5, 0.6) is 0 Å². The Kier molecular flexibility index (Phi) is 4.99. The molecule has 1 saturated carbocycles. The Labute approximate surface area is 142 Å². The molecule has 1 aliphatic carbocycles. The van der Waals surface area contributed by atoms with Crippen LogP contribution >= 0.6 is 11.6 Å². The van der Waals surface area contributed by atoms with E-state index in [1.165, 1.54) is 24.0 Å². The second kappa shape index (κ2) is 7.16. The van der Waals surface area contributed by atoms with Crippen LogP contribution in [0.3, 0.4) is 0 Å². The number of hydrogen-bond donors (Lipinski definition) is 1. The summed E-state index contributed by atoms with van der Waals surface area (Å²) in [7, 11) is 0. The second-order valence-electron chi connectivity index (χ2n) is 6.18. The normalized spacial score (nSPS) is 14.0. The van der Waals surface area contributed by atoms with Crippen molar-refractivity contribution in [3.8, 4) is 0 Å². The minimum Gasteiger partial charge on any atom is -0.325 e. The van der Waals surface area contributed by atoms with E-state index in [9.17, 15) is 4.79 Å². The largest absolute Gasteiger partial charge is 0.325 e. The van der Waals surface area contributed by atoms with Crippen molar-refractivity contribution in [1.29, 1.82) is 0 Å². The fourth-order valence-corrected chi connectivity index (χ4v) is 2.73. The summed E-state index contributed by atoms with van der Waals surface area (Å²) >= 11 is 5.93. The molecule has 0 heterocycles. The maximum atomic E-state index is 12.3. The van der Waals surface area contributed by atoms with Crippen molar-refractivity contribution >= 4 is 23.2 Å². The quantitative estimate of drug-likeness (QED) is 0.859. The molecule has 23 heavy (non-hydrogen) atoms. The summed E-state index contributed by atoms with van der Waals surface area (Å²) in [5.74, 6) is 0.0368. The van der Waals surface area contributed by atoms with Gasteiger partial charge in [0.15, 0.2) is 0 Å². The van der Waals surface area contributed by atoms with E-state index in [4.69, 9.17) is 11.6 Å². The van der Waals surface area contributed by atoms with Gasteiger partial charge >= 0.3 is 0 Å². The van der Waals surface area contributed by atoms with Gasteiger partial charge in [0.25, 0.3) is 0 Å². The zero-order valence-electron chi connectivity index (χ0n) is 13.3. The van der Waals surface area contributed by atoms with Crippen molar-refractivity contribution in [2.75, 3.05) is 11.9 Å². The van der Waals surface area contributed by atoms with Gasteiger partial charge < -0.3 is 5.32 Å². The van der Waals surface area contributed by atoms with Gasteiger partial charge in [-0.25, -0.2) is 0 Å². The van der Waals surface area contributed by atoms with Gasteiger partial charge in [0, 0.05) is 23.3 Å². The summed E-state index contributed by atoms with van der Waals surface area (Å²) in [5.41, 5.74) is 3.22. The fourth-order valence-electron chi connectivity index (χ4n) is 2.60. The van der Waals surface area contributed by atoms with Crippen LogP contribution < -0.4 is 5.32 Å². The van der Waals surface area contributed by atoms with Gasteiger partial charge in [-0.15, -0.1) is 0 Å². The highest BCUT2D eigenvalue weighted by atomic mass is 35.5. The van der Waals surface area contributed by atoms with Gasteiger partial charge in [0.2, 0.25) is 5.91 Å². The van der Waals surface area contributed by atoms with Crippen molar-refractivity contribution in [3.05, 3.63) is 64.7 Å². The van der Waals surface area contributed by atoms with Gasteiger partial charge in [0.05, 0.1) is 6.54 Å². The monoisotopic (exact) mass is 328 g/mol. The Morgan fingerprint density at radius 2 is 1.78 bits per heavy atom. The molecule has 1 fully saturated rings. The van der Waals surface area contributed by atoms with Crippen LogP contribution in [0.15, 0.2) is 48.5 Å². The molecule has 1 N–H and O–H groups in total. The lowest BCUT2D eigenvalue weighted by Crippen LogP contribution is -2.34. The summed E-state index contributed by atoms with van der Waals surface area (Å²) in [6, 6.07) is 16.2. The lowest BCUT2D eigenvalue weighted by molar-refractivity contribution is -0.117. The highest BCUT2D eigenvalue weighted by Gasteiger charge is 2.30. The van der Waals surface area contributed by atoms with E-state index in [1.807, 2.05) is 55.5 Å². The molecule has 2 aromatic rings. The van der Waals surface area contributed by atoms with Gasteiger partial charge in [-0.2, -0.15) is 0 Å². The van der Waals surface area contributed by atoms with Gasteiger partial charge in [-0.05, 0) is 49.6 Å². The Bertz CT molecular complexity index is 663. The molecule has 120 valence electrons. The van der Waals surface area contributed by atoms with Crippen molar-refractivity contribution < 1.29 is 4.79 Å². The predicted octanol–water partition coefficient (Wildman–Crippen LogP) is 4.25. The number of aryl methyl sites for hydroxylation is 1. The van der Waals surface area contributed by atoms with Crippen LogP contribution in [-0.4, -0.2) is 23.4 Å². The van der Waals surface area contributed by atoms with E-state index in [1.54, 1.807) is 0 Å². The van der Waals surface area contributed by atoms with Crippen LogP contribution in [0.25, 0.3) is 0 Å². The van der Waals surface area contributed by atoms with Crippen LogP contribution in [0.2, 0.25) is 5.02 Å². The maximum absolute atomic E-state index is 12.3. The lowest BCUT2D eigenvalue weighted by atomic mass is 10.2. The molecule has 4 heteroatoms. The number of benzene rings is 2. The van der Waals surface area contributed by atoms with Crippen LogP contribution in [0, 0.1) is 6.92 Å². The third kappa shape index (κ3) is 4.81. The number of rotatable bonds is 6. The number of hydrogen-bond acceptors (Lipinski definition) is 2. The molecule has 2 aromatic carbocycles. The first kappa shape index (κ1) is 16.0. The van der Waals surface area contributed by atoms with Gasteiger partial charge in [0.1, 0.15) is 0 Å². The topological polar surface area (TPSA) is 32.3 Å². The highest BCUT2D eigenvalue weighted by Crippen LogP contribution is 2.28. The highest BCUT2D eigenvalue weighted by molar-refractivity contribution is 6.30. The number of amides is 1. The average Bonchev–Trinajstić information content (AvgIpc) is 3.36. The third-order valence-electron chi connectivity index (χ3n) is 4.04. The number of nitrogens with one attached hydrogen (secondary N) is 1. The third-order valence-corrected chi connectivity index (χ3v) is 4.30. The fraction of sp³-hybridized carbons (Fsp3) is 0.316. The number of anilines is 1. The summed E-state index contributed by atoms with van der Waals surface area (Å²) in [6.07, 6.45) is 2.34. The summed E-state index contributed by atoms with van der Waals surface area (Å²) in [6.45, 7) is 3.23. The first-order chi connectivity index (χ1) is 11.1. The molecule has 0 spiro atoms. The number of carbonyl (C=O) groups is 1. The molecule has 0 aromatic heterocycles. The average molecular weight is 329 g/mol. The van der Waals surface area contributed by atoms with Crippen LogP contribution in [-0.2, 0) is 11.3 Å². The zero-order chi connectivity index (χ0) is 16.2. The van der Waals surface area contributed by atoms with Crippen molar-refractivity contribution in [3.63, 3.8) is 0 Å². The van der Waals surface area contributed by atoms with Gasteiger partial charge in [-0.1, -0.05) is 41.4 Å². The Hall–Kier alpha value is -1.84. The standard InChI is InChI=1S/C19H21ClN2O/c1-14-2-8-17(9-3-14)21-19(23)13-22(18-10-11-18)12-15-4-6-16(20)7-5-15/h2-9,18H,10-13H2,1H3,(H,21,23). The van der Waals surface area contributed by atoms with E-state index >= 15 is 0 Å². The smallest absolute Gasteiger partial charge is 0.238 e. The molecular formula is C19H21ClN2O.